The van der Waals surface area contributed by atoms with Crippen molar-refractivity contribution >= 4 is 5.91 Å². The molecule has 24 heavy (non-hydrogen) atoms. The molecule has 2 radical (unpaired) electrons. The smallest absolute Gasteiger partial charge is 0.0797 e. The van der Waals surface area contributed by atoms with E-state index in [9.17, 15) is 4.79 Å². The van der Waals surface area contributed by atoms with Gasteiger partial charge >= 0.3 is 0 Å². The van der Waals surface area contributed by atoms with Crippen LogP contribution in [-0.2, 0) is 49.6 Å². The fraction of sp³-hybridized carbons (Fsp3) is 0.778. The molecule has 1 fully saturated rings. The number of hydrogen-bond acceptors (Lipinski definition) is 2. The van der Waals surface area contributed by atoms with Gasteiger partial charge in [0.1, 0.15) is 0 Å². The van der Waals surface area contributed by atoms with E-state index in [1.54, 1.807) is 0 Å². The number of carbonyl (C=O) groups is 1. The molecule has 0 saturated carbocycles. The second-order valence-corrected chi connectivity index (χ2v) is 4.72. The van der Waals surface area contributed by atoms with Gasteiger partial charge in [-0.05, 0) is 32.5 Å². The van der Waals surface area contributed by atoms with Crippen molar-refractivity contribution in [3.8, 4) is 0 Å². The molecule has 0 aliphatic carbocycles. The Balaban J connectivity index is -0.000000104. The van der Waals surface area contributed by atoms with Gasteiger partial charge in [0.2, 0.25) is 0 Å². The van der Waals surface area contributed by atoms with Crippen LogP contribution in [0, 0.1) is 19.8 Å². The van der Waals surface area contributed by atoms with Crippen LogP contribution in [0.1, 0.15) is 54.4 Å². The van der Waals surface area contributed by atoms with Crippen LogP contribution >= 0.6 is 0 Å². The van der Waals surface area contributed by atoms with Crippen molar-refractivity contribution in [3.05, 3.63) is 25.1 Å². The molecule has 0 aromatic heterocycles. The molecule has 0 spiro atoms. The van der Waals surface area contributed by atoms with E-state index in [-0.39, 0.29) is 50.7 Å². The molecular weight excluding hydrogens is 668 g/mol. The van der Waals surface area contributed by atoms with Gasteiger partial charge in [0, 0.05) is 51.3 Å². The summed E-state index contributed by atoms with van der Waals surface area (Å²) in [5.41, 5.74) is 0. The van der Waals surface area contributed by atoms with Crippen molar-refractivity contribution in [3.63, 3.8) is 0 Å². The first-order valence-corrected chi connectivity index (χ1v) is 8.55. The Hall–Kier alpha value is 0.741. The summed E-state index contributed by atoms with van der Waals surface area (Å²) >= 11 is 0. The number of nitrogens with one attached hydrogen (secondary N) is 1. The number of hydrogen-bond donors (Lipinski definition) is 1. The van der Waals surface area contributed by atoms with Crippen LogP contribution in [0.3, 0.4) is 0 Å². The Bertz CT molecular complexity index is 201. The summed E-state index contributed by atoms with van der Waals surface area (Å²) in [4.78, 5) is 12.9. The molecule has 1 N–H and O–H groups in total. The van der Waals surface area contributed by atoms with Gasteiger partial charge in [-0.25, -0.2) is 0 Å². The first-order valence-electron chi connectivity index (χ1n) is 8.55. The summed E-state index contributed by atoms with van der Waals surface area (Å²) in [5, 5.41) is 6.98. The number of carbonyl (C=O) groups excluding carboxylic acids is 1. The minimum absolute atomic E-state index is 0. The topological polar surface area (TPSA) is 46.4 Å². The van der Waals surface area contributed by atoms with Crippen LogP contribution in [0.2, 0.25) is 0 Å². The summed E-state index contributed by atoms with van der Waals surface area (Å²) in [7, 11) is 0. The maximum absolute atomic E-state index is 10.5. The molecular formula is C18H39Au2N3O-4. The van der Waals surface area contributed by atoms with Crippen LogP contribution < -0.4 is 5.32 Å². The van der Waals surface area contributed by atoms with Crippen LogP contribution in [0.5, 0.6) is 0 Å². The molecule has 1 saturated heterocycles. The second kappa shape index (κ2) is 35.0. The minimum atomic E-state index is -0.179. The SMILES string of the molecule is CC.C[CH-]C.C[CH-]C.[Au].[Au].[CH2-]C(=O)NCCCCN1CC[N-]CC1. The molecule has 1 aliphatic rings. The van der Waals surface area contributed by atoms with Crippen molar-refractivity contribution in [1.29, 1.82) is 0 Å². The third kappa shape index (κ3) is 38.4. The Labute approximate surface area is 183 Å². The van der Waals surface area contributed by atoms with Crippen LogP contribution in [-0.4, -0.2) is 50.1 Å². The minimum Gasteiger partial charge on any atom is -0.660 e. The van der Waals surface area contributed by atoms with E-state index in [0.29, 0.717) is 0 Å². The van der Waals surface area contributed by atoms with Gasteiger partial charge in [0.15, 0.2) is 0 Å². The molecule has 6 heteroatoms. The third-order valence-corrected chi connectivity index (χ3v) is 2.37. The molecule has 1 amide bonds. The van der Waals surface area contributed by atoms with Gasteiger partial charge < -0.3 is 40.1 Å². The largest absolute Gasteiger partial charge is 0.660 e. The van der Waals surface area contributed by atoms with Crippen molar-refractivity contribution in [2.24, 2.45) is 0 Å². The van der Waals surface area contributed by atoms with Crippen molar-refractivity contribution in [1.82, 2.24) is 10.2 Å². The summed E-state index contributed by atoms with van der Waals surface area (Å²) in [6.45, 7) is 21.3. The molecule has 1 rings (SSSR count). The molecule has 1 heterocycles. The fourth-order valence-electron chi connectivity index (χ4n) is 1.56. The van der Waals surface area contributed by atoms with E-state index >= 15 is 0 Å². The summed E-state index contributed by atoms with van der Waals surface area (Å²) < 4.78 is 0. The molecule has 158 valence electrons. The van der Waals surface area contributed by atoms with E-state index in [0.717, 1.165) is 52.1 Å². The van der Waals surface area contributed by atoms with Crippen LogP contribution in [0.15, 0.2) is 0 Å². The van der Waals surface area contributed by atoms with E-state index in [1.807, 2.05) is 54.4 Å². The summed E-state index contributed by atoms with van der Waals surface area (Å²) in [5.74, 6) is -0.179. The Morgan fingerprint density at radius 2 is 1.46 bits per heavy atom. The van der Waals surface area contributed by atoms with Crippen LogP contribution in [0.25, 0.3) is 5.32 Å². The van der Waals surface area contributed by atoms with Crippen molar-refractivity contribution in [2.45, 2.75) is 54.4 Å². The zero-order chi connectivity index (χ0) is 17.6. The first-order chi connectivity index (χ1) is 10.6. The number of rotatable bonds is 5. The molecule has 0 bridgehead atoms. The average molecular weight is 707 g/mol. The van der Waals surface area contributed by atoms with E-state index in [4.69, 9.17) is 0 Å². The molecule has 0 aromatic rings. The number of nitrogens with zero attached hydrogens (tertiary/aromatic N) is 2. The predicted octanol–water partition coefficient (Wildman–Crippen LogP) is 3.89. The van der Waals surface area contributed by atoms with Gasteiger partial charge in [0.05, 0.1) is 5.91 Å². The van der Waals surface area contributed by atoms with Crippen molar-refractivity contribution < 1.29 is 49.6 Å². The number of amides is 1. The number of unbranched alkanes of at least 4 members (excludes halogenated alkanes) is 1. The van der Waals surface area contributed by atoms with E-state index in [2.05, 4.69) is 22.5 Å². The molecule has 0 unspecified atom stereocenters. The van der Waals surface area contributed by atoms with Gasteiger partial charge in [-0.1, -0.05) is 13.8 Å². The third-order valence-electron chi connectivity index (χ3n) is 2.37. The van der Waals surface area contributed by atoms with E-state index in [1.165, 1.54) is 0 Å². The van der Waals surface area contributed by atoms with Crippen molar-refractivity contribution in [2.75, 3.05) is 39.3 Å². The van der Waals surface area contributed by atoms with Crippen LogP contribution in [0.4, 0.5) is 0 Å². The van der Waals surface area contributed by atoms with Gasteiger partial charge in [-0.2, -0.15) is 27.7 Å². The predicted molar refractivity (Wildman–Crippen MR) is 99.8 cm³/mol. The Morgan fingerprint density at radius 1 is 1.04 bits per heavy atom. The average Bonchev–Trinajstić information content (AvgIpc) is 2.51. The molecule has 0 aromatic carbocycles. The fourth-order valence-corrected chi connectivity index (χ4v) is 1.56. The normalized spacial score (nSPS) is 12.2. The maximum atomic E-state index is 10.5. The number of piperazine rings is 1. The quantitative estimate of drug-likeness (QED) is 0.268. The maximum Gasteiger partial charge on any atom is 0.0797 e. The van der Waals surface area contributed by atoms with Gasteiger partial charge in [0.25, 0.3) is 0 Å². The zero-order valence-electron chi connectivity index (χ0n) is 16.4. The molecule has 4 nitrogen and oxygen atoms in total. The Morgan fingerprint density at radius 3 is 1.83 bits per heavy atom. The Kier molecular flexibility index (Phi) is 52.1. The monoisotopic (exact) mass is 707 g/mol. The van der Waals surface area contributed by atoms with Gasteiger partial charge in [-0.15, -0.1) is 13.1 Å². The standard InChI is InChI=1S/C10H19N3O.2C3H7.C2H6.2Au/c1-10(14)12-4-2-3-7-13-8-5-11-6-9-13;2*1-3-2;1-2;;/h1-9H2,(H,12,14);2*3H,1-2H3;1-2H3;;/q-2;2*-1;;;. The molecule has 1 aliphatic heterocycles. The molecule has 0 atom stereocenters. The zero-order valence-corrected chi connectivity index (χ0v) is 20.8. The van der Waals surface area contributed by atoms with E-state index < -0.39 is 0 Å². The second-order valence-electron chi connectivity index (χ2n) is 4.72. The summed E-state index contributed by atoms with van der Waals surface area (Å²) in [6.07, 6.45) is 6.18. The first kappa shape index (κ1) is 35.8. The van der Waals surface area contributed by atoms with Gasteiger partial charge in [-0.3, -0.25) is 0 Å². The summed E-state index contributed by atoms with van der Waals surface area (Å²) in [6, 6.07) is 0.